The Kier molecular flexibility index (Phi) is 5.74. The van der Waals surface area contributed by atoms with Crippen LogP contribution in [0.2, 0.25) is 0 Å². The van der Waals surface area contributed by atoms with Crippen molar-refractivity contribution in [1.82, 2.24) is 15.0 Å². The molecule has 0 unspecified atom stereocenters. The Balaban J connectivity index is 1.56. The maximum atomic E-state index is 14.1. The van der Waals surface area contributed by atoms with Crippen molar-refractivity contribution in [2.45, 2.75) is 13.0 Å². The number of carbonyl (C=O) groups is 1. The summed E-state index contributed by atoms with van der Waals surface area (Å²) in [5, 5.41) is 7.23. The van der Waals surface area contributed by atoms with Gasteiger partial charge in [0.15, 0.2) is 0 Å². The first kappa shape index (κ1) is 21.3. The maximum absolute atomic E-state index is 14.1. The van der Waals surface area contributed by atoms with Crippen LogP contribution in [0, 0.1) is 12.7 Å². The van der Waals surface area contributed by atoms with Crippen LogP contribution in [-0.4, -0.2) is 20.9 Å². The highest BCUT2D eigenvalue weighted by atomic mass is 19.1. The number of fused-ring (bicyclic) bond motifs is 1. The third-order valence-electron chi connectivity index (χ3n) is 5.64. The molecule has 0 aliphatic carbocycles. The van der Waals surface area contributed by atoms with Gasteiger partial charge in [-0.15, -0.1) is 0 Å². The number of carbonyl (C=O) groups excluding carboxylic acids is 1. The van der Waals surface area contributed by atoms with Gasteiger partial charge in [0.2, 0.25) is 0 Å². The van der Waals surface area contributed by atoms with Gasteiger partial charge in [-0.2, -0.15) is 0 Å². The molecule has 0 spiro atoms. The first-order valence-electron chi connectivity index (χ1n) is 10.9. The highest BCUT2D eigenvalue weighted by Gasteiger charge is 2.23. The van der Waals surface area contributed by atoms with E-state index in [1.54, 1.807) is 30.6 Å². The van der Waals surface area contributed by atoms with E-state index in [0.717, 1.165) is 33.7 Å². The number of H-pyrrole nitrogens is 1. The standard InChI is InChI=1S/C27H22FN5O/c1-17-25(26(23-10-4-6-14-29-23)33-24-11-5-7-15-30-24)20-16-18(12-13-22(20)31-17)32-27(34)19-8-2-3-9-21(19)28/h2-16,26,31H,1H3,(H,30,33)(H,32,34)/t26-/m1/s1. The fourth-order valence-corrected chi connectivity index (χ4v) is 4.08. The van der Waals surface area contributed by atoms with E-state index in [2.05, 4.69) is 25.6 Å². The van der Waals surface area contributed by atoms with Crippen LogP contribution in [0.5, 0.6) is 0 Å². The quantitative estimate of drug-likeness (QED) is 0.302. The predicted molar refractivity (Wildman–Crippen MR) is 131 cm³/mol. The molecule has 3 aromatic heterocycles. The number of hydrogen-bond acceptors (Lipinski definition) is 4. The summed E-state index contributed by atoms with van der Waals surface area (Å²) in [4.78, 5) is 25.1. The van der Waals surface area contributed by atoms with Crippen molar-refractivity contribution in [2.75, 3.05) is 10.6 Å². The lowest BCUT2D eigenvalue weighted by Crippen LogP contribution is -2.15. The molecule has 34 heavy (non-hydrogen) atoms. The molecule has 0 bridgehead atoms. The van der Waals surface area contributed by atoms with Gasteiger partial charge in [0.1, 0.15) is 11.6 Å². The van der Waals surface area contributed by atoms with Crippen LogP contribution in [0.1, 0.15) is 33.4 Å². The van der Waals surface area contributed by atoms with Crippen LogP contribution in [0.15, 0.2) is 91.3 Å². The number of rotatable bonds is 6. The fraction of sp³-hybridized carbons (Fsp3) is 0.0741. The normalized spacial score (nSPS) is 11.8. The van der Waals surface area contributed by atoms with Gasteiger partial charge in [-0.3, -0.25) is 9.78 Å². The Morgan fingerprint density at radius 3 is 2.44 bits per heavy atom. The smallest absolute Gasteiger partial charge is 0.258 e. The van der Waals surface area contributed by atoms with Crippen molar-refractivity contribution >= 4 is 28.3 Å². The van der Waals surface area contributed by atoms with Gasteiger partial charge in [-0.05, 0) is 61.5 Å². The predicted octanol–water partition coefficient (Wildman–Crippen LogP) is 5.86. The first-order valence-corrected chi connectivity index (χ1v) is 10.9. The van der Waals surface area contributed by atoms with E-state index in [9.17, 15) is 9.18 Å². The molecular weight excluding hydrogens is 429 g/mol. The van der Waals surface area contributed by atoms with Crippen molar-refractivity contribution in [3.05, 3.63) is 120 Å². The number of benzene rings is 2. The lowest BCUT2D eigenvalue weighted by Gasteiger charge is -2.20. The van der Waals surface area contributed by atoms with Gasteiger partial charge in [0, 0.05) is 40.2 Å². The minimum absolute atomic E-state index is 0.00347. The summed E-state index contributed by atoms with van der Waals surface area (Å²) in [6.07, 6.45) is 3.49. The van der Waals surface area contributed by atoms with Gasteiger partial charge in [0.05, 0.1) is 17.3 Å². The van der Waals surface area contributed by atoms with Gasteiger partial charge in [-0.1, -0.05) is 24.3 Å². The second-order valence-corrected chi connectivity index (χ2v) is 7.90. The van der Waals surface area contributed by atoms with E-state index in [-0.39, 0.29) is 11.6 Å². The molecule has 5 rings (SSSR count). The first-order chi connectivity index (χ1) is 16.6. The number of aromatic amines is 1. The number of aryl methyl sites for hydroxylation is 1. The summed E-state index contributed by atoms with van der Waals surface area (Å²) < 4.78 is 14.1. The Hall–Kier alpha value is -4.52. The van der Waals surface area contributed by atoms with E-state index >= 15 is 0 Å². The molecule has 2 aromatic carbocycles. The second kappa shape index (κ2) is 9.15. The number of amides is 1. The fourth-order valence-electron chi connectivity index (χ4n) is 4.08. The molecule has 0 radical (unpaired) electrons. The third-order valence-corrected chi connectivity index (χ3v) is 5.64. The van der Waals surface area contributed by atoms with Crippen molar-refractivity contribution in [2.24, 2.45) is 0 Å². The molecule has 6 nitrogen and oxygen atoms in total. The summed E-state index contributed by atoms with van der Waals surface area (Å²) in [6.45, 7) is 2.00. The zero-order valence-corrected chi connectivity index (χ0v) is 18.4. The minimum atomic E-state index is -0.561. The third kappa shape index (κ3) is 4.23. The summed E-state index contributed by atoms with van der Waals surface area (Å²) in [7, 11) is 0. The molecule has 0 fully saturated rings. The minimum Gasteiger partial charge on any atom is -0.358 e. The number of anilines is 2. The van der Waals surface area contributed by atoms with Crippen LogP contribution in [0.3, 0.4) is 0 Å². The van der Waals surface area contributed by atoms with Gasteiger partial charge < -0.3 is 15.6 Å². The van der Waals surface area contributed by atoms with Crippen LogP contribution in [-0.2, 0) is 0 Å². The van der Waals surface area contributed by atoms with Crippen molar-refractivity contribution in [3.63, 3.8) is 0 Å². The number of nitrogens with one attached hydrogen (secondary N) is 3. The van der Waals surface area contributed by atoms with E-state index < -0.39 is 11.7 Å². The van der Waals surface area contributed by atoms with E-state index in [4.69, 9.17) is 0 Å². The molecular formula is C27H22FN5O. The molecule has 3 N–H and O–H groups in total. The topological polar surface area (TPSA) is 82.7 Å². The molecule has 0 saturated heterocycles. The van der Waals surface area contributed by atoms with E-state index in [0.29, 0.717) is 5.69 Å². The zero-order valence-electron chi connectivity index (χ0n) is 18.4. The average Bonchev–Trinajstić information content (AvgIpc) is 3.19. The Bertz CT molecular complexity index is 1450. The second-order valence-electron chi connectivity index (χ2n) is 7.90. The van der Waals surface area contributed by atoms with Crippen molar-refractivity contribution in [3.8, 4) is 0 Å². The van der Waals surface area contributed by atoms with Crippen LogP contribution < -0.4 is 10.6 Å². The molecule has 0 saturated carbocycles. The summed E-state index contributed by atoms with van der Waals surface area (Å²) >= 11 is 0. The highest BCUT2D eigenvalue weighted by molar-refractivity contribution is 6.05. The molecule has 0 aliphatic heterocycles. The Morgan fingerprint density at radius 1 is 0.941 bits per heavy atom. The summed E-state index contributed by atoms with van der Waals surface area (Å²) in [5.74, 6) is -0.343. The molecule has 3 heterocycles. The Labute approximate surface area is 195 Å². The number of hydrogen-bond donors (Lipinski definition) is 3. The molecule has 0 aliphatic rings. The lowest BCUT2D eigenvalue weighted by atomic mass is 9.99. The van der Waals surface area contributed by atoms with Crippen molar-refractivity contribution < 1.29 is 9.18 Å². The largest absolute Gasteiger partial charge is 0.358 e. The summed E-state index contributed by atoms with van der Waals surface area (Å²) in [6, 6.07) is 22.7. The zero-order chi connectivity index (χ0) is 23.5. The maximum Gasteiger partial charge on any atom is 0.258 e. The number of pyridine rings is 2. The van der Waals surface area contributed by atoms with Crippen molar-refractivity contribution in [1.29, 1.82) is 0 Å². The van der Waals surface area contributed by atoms with Crippen LogP contribution in [0.4, 0.5) is 15.9 Å². The number of aromatic nitrogens is 3. The highest BCUT2D eigenvalue weighted by Crippen LogP contribution is 2.35. The molecule has 168 valence electrons. The molecule has 7 heteroatoms. The lowest BCUT2D eigenvalue weighted by molar-refractivity contribution is 0.102. The van der Waals surface area contributed by atoms with Gasteiger partial charge in [-0.25, -0.2) is 9.37 Å². The van der Waals surface area contributed by atoms with Crippen LogP contribution in [0.25, 0.3) is 10.9 Å². The monoisotopic (exact) mass is 451 g/mol. The van der Waals surface area contributed by atoms with Gasteiger partial charge >= 0.3 is 0 Å². The van der Waals surface area contributed by atoms with Gasteiger partial charge in [0.25, 0.3) is 5.91 Å². The average molecular weight is 452 g/mol. The molecule has 1 atom stereocenters. The molecule has 1 amide bonds. The SMILES string of the molecule is Cc1[nH]c2ccc(NC(=O)c3ccccc3F)cc2c1[C@H](Nc1ccccn1)c1ccccn1. The molecule has 5 aromatic rings. The van der Waals surface area contributed by atoms with E-state index in [1.807, 2.05) is 55.5 Å². The Morgan fingerprint density at radius 2 is 1.71 bits per heavy atom. The number of halogens is 1. The van der Waals surface area contributed by atoms with E-state index in [1.165, 1.54) is 12.1 Å². The van der Waals surface area contributed by atoms with Crippen LogP contribution >= 0.6 is 0 Å². The number of nitrogens with zero attached hydrogens (tertiary/aromatic N) is 2. The summed E-state index contributed by atoms with van der Waals surface area (Å²) in [5.41, 5.74) is 4.26.